The lowest BCUT2D eigenvalue weighted by Crippen LogP contribution is -2.27. The van der Waals surface area contributed by atoms with Crippen molar-refractivity contribution in [2.75, 3.05) is 25.0 Å². The molecule has 0 atom stereocenters. The highest BCUT2D eigenvalue weighted by Gasteiger charge is 2.15. The zero-order valence-corrected chi connectivity index (χ0v) is 16.6. The van der Waals surface area contributed by atoms with E-state index in [-0.39, 0.29) is 0 Å². The minimum atomic E-state index is 0.773. The maximum Gasteiger partial charge on any atom is 0.181 e. The molecule has 142 valence electrons. The summed E-state index contributed by atoms with van der Waals surface area (Å²) in [4.78, 5) is 16.3. The van der Waals surface area contributed by atoms with E-state index in [0.29, 0.717) is 0 Å². The molecule has 4 aromatic rings. The molecule has 1 aromatic carbocycles. The Labute approximate surface area is 167 Å². The molecular weight excluding hydrogens is 368 g/mol. The van der Waals surface area contributed by atoms with E-state index < -0.39 is 0 Å². The van der Waals surface area contributed by atoms with Gasteiger partial charge >= 0.3 is 0 Å². The van der Waals surface area contributed by atoms with E-state index in [4.69, 9.17) is 4.98 Å². The van der Waals surface area contributed by atoms with Gasteiger partial charge in [-0.25, -0.2) is 9.97 Å². The molecule has 0 unspecified atom stereocenters. The van der Waals surface area contributed by atoms with Crippen LogP contribution in [0.5, 0.6) is 0 Å². The molecule has 0 aliphatic carbocycles. The molecule has 0 radical (unpaired) electrons. The van der Waals surface area contributed by atoms with Crippen molar-refractivity contribution >= 4 is 39.0 Å². The summed E-state index contributed by atoms with van der Waals surface area (Å²) in [6.07, 6.45) is 4.13. The molecule has 0 saturated carbocycles. The molecule has 2 N–H and O–H groups in total. The lowest BCUT2D eigenvalue weighted by molar-refractivity contribution is 0.882. The second-order valence-electron chi connectivity index (χ2n) is 6.97. The summed E-state index contributed by atoms with van der Waals surface area (Å²) in [5, 5.41) is 6.86. The Bertz CT molecular complexity index is 1160. The highest BCUT2D eigenvalue weighted by atomic mass is 32.1. The number of nitrogens with one attached hydrogen (secondary N) is 2. The molecule has 7 heteroatoms. The lowest BCUT2D eigenvalue weighted by Gasteiger charge is -2.10. The van der Waals surface area contributed by atoms with Crippen LogP contribution in [0, 0.1) is 6.92 Å². The zero-order valence-electron chi connectivity index (χ0n) is 15.8. The topological polar surface area (TPSA) is 66.6 Å². The van der Waals surface area contributed by atoms with Crippen molar-refractivity contribution in [3.8, 4) is 10.4 Å². The standard InChI is InChI=1S/C21H22N6S/c1-14-13-25-20-19(24-11-10-23-18-8-5-9-22-18)26-16-12-17(28-21(16)27(14)20)15-6-3-2-4-7-15/h2-4,6-7,12-13H,5,8-11H2,1H3,(H,22,23)(H,24,26). The number of aromatic nitrogens is 3. The number of anilines is 1. The highest BCUT2D eigenvalue weighted by Crippen LogP contribution is 2.34. The minimum Gasteiger partial charge on any atom is -0.372 e. The van der Waals surface area contributed by atoms with Gasteiger partial charge in [0, 0.05) is 42.8 Å². The normalized spacial score (nSPS) is 14.0. The molecule has 4 heterocycles. The summed E-state index contributed by atoms with van der Waals surface area (Å²) < 4.78 is 2.20. The predicted molar refractivity (Wildman–Crippen MR) is 117 cm³/mol. The third-order valence-electron chi connectivity index (χ3n) is 4.96. The number of hydrogen-bond acceptors (Lipinski definition) is 6. The van der Waals surface area contributed by atoms with Gasteiger partial charge in [0.2, 0.25) is 0 Å². The van der Waals surface area contributed by atoms with E-state index >= 15 is 0 Å². The van der Waals surface area contributed by atoms with Crippen LogP contribution in [0.1, 0.15) is 18.5 Å². The van der Waals surface area contributed by atoms with Gasteiger partial charge < -0.3 is 10.6 Å². The predicted octanol–water partition coefficient (Wildman–Crippen LogP) is 4.11. The fourth-order valence-corrected chi connectivity index (χ4v) is 4.74. The van der Waals surface area contributed by atoms with Gasteiger partial charge in [0.1, 0.15) is 10.3 Å². The van der Waals surface area contributed by atoms with Crippen molar-refractivity contribution in [1.29, 1.82) is 0 Å². The number of fused-ring (bicyclic) bond motifs is 3. The molecular formula is C21H22N6S. The number of amidine groups is 1. The van der Waals surface area contributed by atoms with Crippen LogP contribution in [0.15, 0.2) is 47.6 Å². The van der Waals surface area contributed by atoms with Gasteiger partial charge in [-0.05, 0) is 25.0 Å². The Morgan fingerprint density at radius 3 is 2.82 bits per heavy atom. The maximum absolute atomic E-state index is 4.89. The smallest absolute Gasteiger partial charge is 0.181 e. The molecule has 0 spiro atoms. The summed E-state index contributed by atoms with van der Waals surface area (Å²) in [7, 11) is 0. The van der Waals surface area contributed by atoms with Crippen molar-refractivity contribution in [1.82, 2.24) is 19.7 Å². The van der Waals surface area contributed by atoms with E-state index in [1.165, 1.54) is 10.4 Å². The molecule has 3 aromatic heterocycles. The van der Waals surface area contributed by atoms with Gasteiger partial charge in [-0.15, -0.1) is 11.3 Å². The van der Waals surface area contributed by atoms with Gasteiger partial charge in [0.15, 0.2) is 11.5 Å². The Morgan fingerprint density at radius 1 is 1.14 bits per heavy atom. The Morgan fingerprint density at radius 2 is 2.00 bits per heavy atom. The number of aryl methyl sites for hydroxylation is 1. The van der Waals surface area contributed by atoms with E-state index in [0.717, 1.165) is 65.8 Å². The summed E-state index contributed by atoms with van der Waals surface area (Å²) in [5.41, 5.74) is 4.20. The molecule has 5 rings (SSSR count). The lowest BCUT2D eigenvalue weighted by atomic mass is 10.2. The Kier molecular flexibility index (Phi) is 4.44. The van der Waals surface area contributed by atoms with E-state index in [9.17, 15) is 0 Å². The van der Waals surface area contributed by atoms with Crippen LogP contribution in [0.2, 0.25) is 0 Å². The van der Waals surface area contributed by atoms with Gasteiger partial charge in [-0.1, -0.05) is 30.3 Å². The molecule has 0 fully saturated rings. The van der Waals surface area contributed by atoms with Crippen molar-refractivity contribution in [2.45, 2.75) is 19.8 Å². The number of nitrogens with zero attached hydrogens (tertiary/aromatic N) is 4. The fraction of sp³-hybridized carbons (Fsp3) is 0.286. The summed E-state index contributed by atoms with van der Waals surface area (Å²) in [5.74, 6) is 1.95. The fourth-order valence-electron chi connectivity index (χ4n) is 3.58. The first-order chi connectivity index (χ1) is 13.8. The van der Waals surface area contributed by atoms with Gasteiger partial charge in [0.25, 0.3) is 0 Å². The average molecular weight is 391 g/mol. The Balaban J connectivity index is 1.46. The number of hydrogen-bond donors (Lipinski definition) is 2. The first-order valence-electron chi connectivity index (χ1n) is 9.64. The number of imidazole rings is 1. The van der Waals surface area contributed by atoms with Crippen LogP contribution in [0.3, 0.4) is 0 Å². The number of rotatable bonds is 5. The van der Waals surface area contributed by atoms with Crippen LogP contribution < -0.4 is 10.6 Å². The van der Waals surface area contributed by atoms with E-state index in [1.54, 1.807) is 11.3 Å². The van der Waals surface area contributed by atoms with Crippen molar-refractivity contribution in [2.24, 2.45) is 4.99 Å². The molecule has 0 amide bonds. The largest absolute Gasteiger partial charge is 0.372 e. The highest BCUT2D eigenvalue weighted by molar-refractivity contribution is 7.21. The third kappa shape index (κ3) is 3.11. The second kappa shape index (κ2) is 7.24. The Hall–Kier alpha value is -2.93. The summed E-state index contributed by atoms with van der Waals surface area (Å²) in [6, 6.07) is 12.6. The van der Waals surface area contributed by atoms with E-state index in [1.807, 2.05) is 12.3 Å². The van der Waals surface area contributed by atoms with E-state index in [2.05, 4.69) is 62.3 Å². The van der Waals surface area contributed by atoms with Crippen LogP contribution in [0.4, 0.5) is 5.82 Å². The minimum absolute atomic E-state index is 0.773. The molecule has 6 nitrogen and oxygen atoms in total. The first kappa shape index (κ1) is 17.2. The van der Waals surface area contributed by atoms with Crippen molar-refractivity contribution < 1.29 is 0 Å². The van der Waals surface area contributed by atoms with Gasteiger partial charge in [0.05, 0.1) is 5.84 Å². The van der Waals surface area contributed by atoms with Crippen LogP contribution in [-0.2, 0) is 0 Å². The molecule has 0 bridgehead atoms. The number of thiophene rings is 1. The van der Waals surface area contributed by atoms with Crippen molar-refractivity contribution in [3.05, 3.63) is 48.3 Å². The van der Waals surface area contributed by atoms with Crippen LogP contribution in [0.25, 0.3) is 26.4 Å². The average Bonchev–Trinajstić information content (AvgIpc) is 3.45. The molecule has 0 saturated heterocycles. The molecule has 28 heavy (non-hydrogen) atoms. The number of aliphatic imine (C=N–C) groups is 1. The summed E-state index contributed by atoms with van der Waals surface area (Å²) in [6.45, 7) is 4.63. The van der Waals surface area contributed by atoms with Gasteiger partial charge in [-0.3, -0.25) is 9.39 Å². The van der Waals surface area contributed by atoms with Crippen LogP contribution >= 0.6 is 11.3 Å². The van der Waals surface area contributed by atoms with Gasteiger partial charge in [-0.2, -0.15) is 0 Å². The third-order valence-corrected chi connectivity index (χ3v) is 6.12. The molecule has 1 aliphatic rings. The van der Waals surface area contributed by atoms with Crippen molar-refractivity contribution in [3.63, 3.8) is 0 Å². The maximum atomic E-state index is 4.89. The first-order valence-corrected chi connectivity index (χ1v) is 10.5. The zero-order chi connectivity index (χ0) is 18.9. The second-order valence-corrected chi connectivity index (χ2v) is 8.00. The monoisotopic (exact) mass is 390 g/mol. The SMILES string of the molecule is Cc1cnc2c(NCCNC3=NCCC3)nc3cc(-c4ccccc4)sc3n12. The number of benzene rings is 1. The summed E-state index contributed by atoms with van der Waals surface area (Å²) >= 11 is 1.76. The molecule has 1 aliphatic heterocycles. The quantitative estimate of drug-likeness (QED) is 0.503. The van der Waals surface area contributed by atoms with Crippen LogP contribution in [-0.4, -0.2) is 39.8 Å².